The number of hydrogen-bond donors (Lipinski definition) is 2. The van der Waals surface area contributed by atoms with Gasteiger partial charge in [-0.25, -0.2) is 14.2 Å². The van der Waals surface area contributed by atoms with Gasteiger partial charge in [-0.15, -0.1) is 0 Å². The Kier molecular flexibility index (Phi) is 6.10. The smallest absolute Gasteiger partial charge is 0.405 e. The second kappa shape index (κ2) is 8.28. The van der Waals surface area contributed by atoms with Crippen molar-refractivity contribution in [3.63, 3.8) is 0 Å². The Morgan fingerprint density at radius 1 is 1.12 bits per heavy atom. The van der Waals surface area contributed by atoms with E-state index in [1.54, 1.807) is 11.4 Å². The molecule has 6 nitrogen and oxygen atoms in total. The average Bonchev–Trinajstić information content (AvgIpc) is 2.59. The zero-order chi connectivity index (χ0) is 19.2. The van der Waals surface area contributed by atoms with Crippen molar-refractivity contribution < 1.29 is 31.9 Å². The van der Waals surface area contributed by atoms with Crippen LogP contribution < -0.4 is 10.6 Å². The van der Waals surface area contributed by atoms with Crippen molar-refractivity contribution >= 4 is 23.4 Å². The third-order valence-electron chi connectivity index (χ3n) is 2.97. The maximum Gasteiger partial charge on any atom is 0.405 e. The highest BCUT2D eigenvalue weighted by Gasteiger charge is 2.28. The van der Waals surface area contributed by atoms with Gasteiger partial charge in [0.2, 0.25) is 0 Å². The molecule has 1 amide bonds. The Morgan fingerprint density at radius 2 is 1.85 bits per heavy atom. The minimum atomic E-state index is -4.57. The van der Waals surface area contributed by atoms with Gasteiger partial charge < -0.3 is 15.4 Å². The standard InChI is InChI=1S/C16H13F4N3O3/c17-11-5-1-2-6-12(11)23-14-10(4-3-7-21-14)15(25)26-8-13(24)22-9-16(18,19)20/h1-7H,8-9H2,(H,21,23)(H,22,24). The Morgan fingerprint density at radius 3 is 2.54 bits per heavy atom. The number of anilines is 2. The van der Waals surface area contributed by atoms with Crippen LogP contribution in [0.15, 0.2) is 42.6 Å². The van der Waals surface area contributed by atoms with Gasteiger partial charge >= 0.3 is 12.1 Å². The highest BCUT2D eigenvalue weighted by Crippen LogP contribution is 2.21. The molecule has 0 fully saturated rings. The van der Waals surface area contributed by atoms with Crippen LogP contribution in [0, 0.1) is 5.82 Å². The van der Waals surface area contributed by atoms with Crippen molar-refractivity contribution in [1.82, 2.24) is 10.3 Å². The highest BCUT2D eigenvalue weighted by atomic mass is 19.4. The Balaban J connectivity index is 2.01. The minimum absolute atomic E-state index is 0.0294. The predicted octanol–water partition coefficient (Wildman–Crippen LogP) is 2.80. The van der Waals surface area contributed by atoms with Crippen molar-refractivity contribution in [2.45, 2.75) is 6.18 Å². The molecule has 0 aliphatic heterocycles. The highest BCUT2D eigenvalue weighted by molar-refractivity contribution is 5.96. The van der Waals surface area contributed by atoms with Crippen molar-refractivity contribution in [2.75, 3.05) is 18.5 Å². The molecule has 0 saturated heterocycles. The molecule has 0 aliphatic carbocycles. The molecule has 10 heteroatoms. The number of ether oxygens (including phenoxy) is 1. The van der Waals surface area contributed by atoms with Crippen LogP contribution in [-0.2, 0) is 9.53 Å². The molecule has 26 heavy (non-hydrogen) atoms. The summed E-state index contributed by atoms with van der Waals surface area (Å²) >= 11 is 0. The average molecular weight is 371 g/mol. The summed E-state index contributed by atoms with van der Waals surface area (Å²) < 4.78 is 54.4. The summed E-state index contributed by atoms with van der Waals surface area (Å²) in [5, 5.41) is 4.19. The fourth-order valence-electron chi connectivity index (χ4n) is 1.82. The van der Waals surface area contributed by atoms with Crippen LogP contribution in [0.5, 0.6) is 0 Å². The summed E-state index contributed by atoms with van der Waals surface area (Å²) in [7, 11) is 0. The Bertz CT molecular complexity index is 796. The Labute approximate surface area is 145 Å². The summed E-state index contributed by atoms with van der Waals surface area (Å²) in [6.45, 7) is -2.43. The van der Waals surface area contributed by atoms with Gasteiger partial charge in [0.25, 0.3) is 5.91 Å². The monoisotopic (exact) mass is 371 g/mol. The first-order valence-corrected chi connectivity index (χ1v) is 7.23. The summed E-state index contributed by atoms with van der Waals surface area (Å²) in [4.78, 5) is 27.2. The fourth-order valence-corrected chi connectivity index (χ4v) is 1.82. The minimum Gasteiger partial charge on any atom is -0.452 e. The van der Waals surface area contributed by atoms with Crippen LogP contribution >= 0.6 is 0 Å². The molecule has 0 bridgehead atoms. The molecule has 0 aliphatic rings. The number of esters is 1. The predicted molar refractivity (Wildman–Crippen MR) is 83.3 cm³/mol. The van der Waals surface area contributed by atoms with Crippen LogP contribution in [-0.4, -0.2) is 36.2 Å². The van der Waals surface area contributed by atoms with Gasteiger partial charge in [-0.05, 0) is 24.3 Å². The normalized spacial score (nSPS) is 10.9. The van der Waals surface area contributed by atoms with E-state index in [2.05, 4.69) is 15.0 Å². The van der Waals surface area contributed by atoms with Crippen LogP contribution in [0.3, 0.4) is 0 Å². The van der Waals surface area contributed by atoms with Crippen LogP contribution in [0.1, 0.15) is 10.4 Å². The molecule has 2 aromatic rings. The van der Waals surface area contributed by atoms with E-state index in [0.717, 1.165) is 0 Å². The van der Waals surface area contributed by atoms with E-state index in [1.807, 2.05) is 0 Å². The number of nitrogens with zero attached hydrogens (tertiary/aromatic N) is 1. The van der Waals surface area contributed by atoms with E-state index in [-0.39, 0.29) is 17.1 Å². The fraction of sp³-hybridized carbons (Fsp3) is 0.188. The van der Waals surface area contributed by atoms with Gasteiger partial charge in [0.15, 0.2) is 6.61 Å². The number of carbonyl (C=O) groups is 2. The first-order valence-electron chi connectivity index (χ1n) is 7.23. The summed E-state index contributed by atoms with van der Waals surface area (Å²) in [6.07, 6.45) is -3.23. The van der Waals surface area contributed by atoms with Gasteiger partial charge in [0, 0.05) is 6.20 Å². The van der Waals surface area contributed by atoms with Gasteiger partial charge in [-0.2, -0.15) is 13.2 Å². The van der Waals surface area contributed by atoms with Crippen LogP contribution in [0.2, 0.25) is 0 Å². The summed E-state index contributed by atoms with van der Waals surface area (Å²) in [5.41, 5.74) is -0.0532. The molecule has 0 atom stereocenters. The molecule has 1 aromatic carbocycles. The molecule has 0 saturated carbocycles. The quantitative estimate of drug-likeness (QED) is 0.603. The van der Waals surface area contributed by atoms with E-state index in [9.17, 15) is 27.2 Å². The van der Waals surface area contributed by atoms with E-state index in [4.69, 9.17) is 0 Å². The van der Waals surface area contributed by atoms with E-state index >= 15 is 0 Å². The van der Waals surface area contributed by atoms with Crippen molar-refractivity contribution in [1.29, 1.82) is 0 Å². The zero-order valence-corrected chi connectivity index (χ0v) is 13.1. The molecule has 1 heterocycles. The second-order valence-corrected chi connectivity index (χ2v) is 4.97. The van der Waals surface area contributed by atoms with Gasteiger partial charge in [0.05, 0.1) is 5.69 Å². The largest absolute Gasteiger partial charge is 0.452 e. The Hall–Kier alpha value is -3.17. The number of halogens is 4. The number of carbonyl (C=O) groups excluding carboxylic acids is 2. The number of benzene rings is 1. The number of hydrogen-bond acceptors (Lipinski definition) is 5. The number of amides is 1. The van der Waals surface area contributed by atoms with Gasteiger partial charge in [0.1, 0.15) is 23.7 Å². The first-order chi connectivity index (χ1) is 12.3. The summed E-state index contributed by atoms with van der Waals surface area (Å²) in [5.74, 6) is -2.72. The molecule has 138 valence electrons. The zero-order valence-electron chi connectivity index (χ0n) is 13.1. The lowest BCUT2D eigenvalue weighted by Gasteiger charge is -2.12. The van der Waals surface area contributed by atoms with Gasteiger partial charge in [-0.3, -0.25) is 4.79 Å². The molecule has 2 rings (SSSR count). The van der Waals surface area contributed by atoms with Crippen molar-refractivity contribution in [3.8, 4) is 0 Å². The molecule has 1 aromatic heterocycles. The van der Waals surface area contributed by atoms with Crippen LogP contribution in [0.25, 0.3) is 0 Å². The van der Waals surface area contributed by atoms with E-state index in [1.165, 1.54) is 36.5 Å². The number of rotatable bonds is 6. The lowest BCUT2D eigenvalue weighted by molar-refractivity contribution is -0.140. The van der Waals surface area contributed by atoms with E-state index < -0.39 is 37.0 Å². The van der Waals surface area contributed by atoms with Crippen molar-refractivity contribution in [3.05, 3.63) is 54.0 Å². The number of alkyl halides is 3. The molecule has 0 unspecified atom stereocenters. The number of pyridine rings is 1. The molecular formula is C16H13F4N3O3. The maximum absolute atomic E-state index is 13.7. The lowest BCUT2D eigenvalue weighted by Crippen LogP contribution is -2.36. The summed E-state index contributed by atoms with van der Waals surface area (Å²) in [6, 6.07) is 8.39. The van der Waals surface area contributed by atoms with E-state index in [0.29, 0.717) is 0 Å². The third kappa shape index (κ3) is 5.72. The number of para-hydroxylation sites is 1. The van der Waals surface area contributed by atoms with Crippen LogP contribution in [0.4, 0.5) is 29.1 Å². The number of nitrogens with one attached hydrogen (secondary N) is 2. The molecular weight excluding hydrogens is 358 g/mol. The molecule has 0 radical (unpaired) electrons. The van der Waals surface area contributed by atoms with Gasteiger partial charge in [-0.1, -0.05) is 12.1 Å². The second-order valence-electron chi connectivity index (χ2n) is 4.97. The molecule has 2 N–H and O–H groups in total. The molecule has 0 spiro atoms. The first kappa shape index (κ1) is 19.2. The number of aromatic nitrogens is 1. The SMILES string of the molecule is O=C(COC(=O)c1cccnc1Nc1ccccc1F)NCC(F)(F)F. The third-order valence-corrected chi connectivity index (χ3v) is 2.97. The maximum atomic E-state index is 13.7. The van der Waals surface area contributed by atoms with Crippen molar-refractivity contribution in [2.24, 2.45) is 0 Å². The topological polar surface area (TPSA) is 80.3 Å². The lowest BCUT2D eigenvalue weighted by atomic mass is 10.2.